The molecule has 2 aromatic rings. The molecule has 4 heteroatoms. The molecule has 1 heterocycles. The molecular formula is C10H12BN3. The molecule has 2 radical (unpaired) electrons. The minimum atomic E-state index is 0.750. The van der Waals surface area contributed by atoms with Gasteiger partial charge in [0.15, 0.2) is 0 Å². The molecule has 1 N–H and O–H groups in total. The highest BCUT2D eigenvalue weighted by molar-refractivity contribution is 6.33. The van der Waals surface area contributed by atoms with Crippen LogP contribution in [0.4, 0.5) is 0 Å². The SMILES string of the molecule is [B]c1ccc2c(CN(C)C)[nH]nc2c1. The molecule has 0 aliphatic carbocycles. The maximum atomic E-state index is 5.67. The van der Waals surface area contributed by atoms with E-state index in [0.29, 0.717) is 0 Å². The molecule has 1 aromatic heterocycles. The fourth-order valence-electron chi connectivity index (χ4n) is 1.52. The van der Waals surface area contributed by atoms with E-state index in [-0.39, 0.29) is 0 Å². The van der Waals surface area contributed by atoms with Gasteiger partial charge >= 0.3 is 0 Å². The van der Waals surface area contributed by atoms with Crippen LogP contribution in [-0.4, -0.2) is 37.0 Å². The van der Waals surface area contributed by atoms with Crippen LogP contribution in [0.3, 0.4) is 0 Å². The van der Waals surface area contributed by atoms with Crippen LogP contribution in [0.25, 0.3) is 10.9 Å². The van der Waals surface area contributed by atoms with Gasteiger partial charge in [-0.25, -0.2) is 0 Å². The fraction of sp³-hybridized carbons (Fsp3) is 0.300. The second-order valence-corrected chi connectivity index (χ2v) is 3.72. The Labute approximate surface area is 84.5 Å². The smallest absolute Gasteiger partial charge is 0.113 e. The van der Waals surface area contributed by atoms with Crippen LogP contribution >= 0.6 is 0 Å². The second-order valence-electron chi connectivity index (χ2n) is 3.72. The van der Waals surface area contributed by atoms with Gasteiger partial charge in [0, 0.05) is 11.9 Å². The number of H-pyrrole nitrogens is 1. The van der Waals surface area contributed by atoms with E-state index in [1.165, 1.54) is 0 Å². The van der Waals surface area contributed by atoms with Crippen LogP contribution in [0, 0.1) is 0 Å². The third kappa shape index (κ3) is 1.66. The standard InChI is InChI=1S/C10H12BN3/c1-14(2)6-10-8-4-3-7(11)5-9(8)12-13-10/h3-5H,6H2,1-2H3,(H,12,13). The Morgan fingerprint density at radius 3 is 2.93 bits per heavy atom. The maximum Gasteiger partial charge on any atom is 0.113 e. The van der Waals surface area contributed by atoms with Crippen LogP contribution in [-0.2, 0) is 6.54 Å². The summed E-state index contributed by atoms with van der Waals surface area (Å²) in [4.78, 5) is 2.10. The summed E-state index contributed by atoms with van der Waals surface area (Å²) in [6, 6.07) is 5.79. The van der Waals surface area contributed by atoms with Gasteiger partial charge in [-0.15, -0.1) is 0 Å². The number of rotatable bonds is 2. The van der Waals surface area contributed by atoms with E-state index in [1.807, 2.05) is 32.3 Å². The predicted octanol–water partition coefficient (Wildman–Crippen LogP) is 0.418. The molecule has 0 fully saturated rings. The van der Waals surface area contributed by atoms with Gasteiger partial charge in [-0.2, -0.15) is 5.10 Å². The largest absolute Gasteiger partial charge is 0.304 e. The Morgan fingerprint density at radius 2 is 2.21 bits per heavy atom. The highest BCUT2D eigenvalue weighted by Crippen LogP contribution is 2.14. The number of nitrogens with one attached hydrogen (secondary N) is 1. The zero-order valence-electron chi connectivity index (χ0n) is 8.41. The molecule has 0 aliphatic heterocycles. The summed E-state index contributed by atoms with van der Waals surface area (Å²) in [5, 5.41) is 8.37. The molecule has 0 saturated heterocycles. The van der Waals surface area contributed by atoms with E-state index in [0.717, 1.165) is 28.6 Å². The first kappa shape index (κ1) is 9.28. The number of aromatic amines is 1. The number of hydrogen-bond donors (Lipinski definition) is 1. The first-order chi connectivity index (χ1) is 6.66. The van der Waals surface area contributed by atoms with E-state index < -0.39 is 0 Å². The van der Waals surface area contributed by atoms with Crippen molar-refractivity contribution in [2.24, 2.45) is 0 Å². The molecule has 0 aliphatic rings. The van der Waals surface area contributed by atoms with Crippen molar-refractivity contribution in [3.8, 4) is 0 Å². The van der Waals surface area contributed by atoms with Crippen molar-refractivity contribution in [3.05, 3.63) is 23.9 Å². The summed E-state index contributed by atoms with van der Waals surface area (Å²) in [6.07, 6.45) is 0. The van der Waals surface area contributed by atoms with Crippen LogP contribution in [0.5, 0.6) is 0 Å². The van der Waals surface area contributed by atoms with Crippen molar-refractivity contribution in [2.45, 2.75) is 6.54 Å². The zero-order valence-corrected chi connectivity index (χ0v) is 8.41. The van der Waals surface area contributed by atoms with E-state index in [2.05, 4.69) is 15.1 Å². The van der Waals surface area contributed by atoms with Gasteiger partial charge < -0.3 is 4.90 Å². The lowest BCUT2D eigenvalue weighted by Crippen LogP contribution is -2.11. The second kappa shape index (κ2) is 3.46. The summed E-state index contributed by atoms with van der Waals surface area (Å²) >= 11 is 0. The Hall–Kier alpha value is -1.29. The molecule has 3 nitrogen and oxygen atoms in total. The van der Waals surface area contributed by atoms with E-state index >= 15 is 0 Å². The van der Waals surface area contributed by atoms with Gasteiger partial charge in [0.05, 0.1) is 11.2 Å². The Kier molecular flexibility index (Phi) is 2.29. The fourth-order valence-corrected chi connectivity index (χ4v) is 1.52. The van der Waals surface area contributed by atoms with Crippen LogP contribution in [0.15, 0.2) is 18.2 Å². The lowest BCUT2D eigenvalue weighted by atomic mass is 9.95. The van der Waals surface area contributed by atoms with Crippen LogP contribution in [0.1, 0.15) is 5.69 Å². The Morgan fingerprint density at radius 1 is 1.43 bits per heavy atom. The number of aromatic nitrogens is 2. The minimum absolute atomic E-state index is 0.750. The van der Waals surface area contributed by atoms with Crippen molar-refractivity contribution in [2.75, 3.05) is 14.1 Å². The highest BCUT2D eigenvalue weighted by Gasteiger charge is 2.05. The number of hydrogen-bond acceptors (Lipinski definition) is 2. The molecule has 0 spiro atoms. The van der Waals surface area contributed by atoms with E-state index in [1.54, 1.807) is 0 Å². The van der Waals surface area contributed by atoms with Gasteiger partial charge in [0.25, 0.3) is 0 Å². The Bertz CT molecular complexity index is 448. The summed E-state index contributed by atoms with van der Waals surface area (Å²) in [5.74, 6) is 0. The van der Waals surface area contributed by atoms with E-state index in [4.69, 9.17) is 7.85 Å². The summed E-state index contributed by atoms with van der Waals surface area (Å²) in [6.45, 7) is 0.862. The lowest BCUT2D eigenvalue weighted by molar-refractivity contribution is 0.398. The van der Waals surface area contributed by atoms with Crippen molar-refractivity contribution in [1.29, 1.82) is 0 Å². The molecule has 70 valence electrons. The molecule has 0 bridgehead atoms. The average molecular weight is 185 g/mol. The first-order valence-electron chi connectivity index (χ1n) is 4.54. The molecule has 2 rings (SSSR count). The van der Waals surface area contributed by atoms with Crippen molar-refractivity contribution in [1.82, 2.24) is 15.1 Å². The monoisotopic (exact) mass is 185 g/mol. The summed E-state index contributed by atoms with van der Waals surface area (Å²) < 4.78 is 0. The van der Waals surface area contributed by atoms with Crippen molar-refractivity contribution in [3.63, 3.8) is 0 Å². The van der Waals surface area contributed by atoms with Crippen LogP contribution < -0.4 is 5.46 Å². The number of fused-ring (bicyclic) bond motifs is 1. The normalized spacial score (nSPS) is 11.4. The molecule has 14 heavy (non-hydrogen) atoms. The predicted molar refractivity (Wildman–Crippen MR) is 58.9 cm³/mol. The topological polar surface area (TPSA) is 31.9 Å². The zero-order chi connectivity index (χ0) is 10.1. The van der Waals surface area contributed by atoms with Gasteiger partial charge in [0.1, 0.15) is 7.85 Å². The van der Waals surface area contributed by atoms with Gasteiger partial charge in [-0.3, -0.25) is 5.10 Å². The highest BCUT2D eigenvalue weighted by atomic mass is 15.2. The third-order valence-electron chi connectivity index (χ3n) is 2.13. The Balaban J connectivity index is 2.47. The van der Waals surface area contributed by atoms with Gasteiger partial charge in [-0.1, -0.05) is 17.6 Å². The van der Waals surface area contributed by atoms with Crippen molar-refractivity contribution >= 4 is 24.2 Å². The average Bonchev–Trinajstić information content (AvgIpc) is 2.47. The minimum Gasteiger partial charge on any atom is -0.304 e. The quantitative estimate of drug-likeness (QED) is 0.687. The maximum absolute atomic E-state index is 5.67. The summed E-state index contributed by atoms with van der Waals surface area (Å²) in [7, 11) is 9.73. The first-order valence-corrected chi connectivity index (χ1v) is 4.54. The number of nitrogens with zero attached hydrogens (tertiary/aromatic N) is 2. The molecule has 0 saturated carbocycles. The molecule has 0 unspecified atom stereocenters. The third-order valence-corrected chi connectivity index (χ3v) is 2.13. The lowest BCUT2D eigenvalue weighted by Gasteiger charge is -2.07. The van der Waals surface area contributed by atoms with Crippen LogP contribution in [0.2, 0.25) is 0 Å². The van der Waals surface area contributed by atoms with Gasteiger partial charge in [-0.05, 0) is 20.2 Å². The number of benzene rings is 1. The molecule has 1 aromatic carbocycles. The molecular weight excluding hydrogens is 173 g/mol. The van der Waals surface area contributed by atoms with Gasteiger partial charge in [0.2, 0.25) is 0 Å². The molecule has 0 atom stereocenters. The van der Waals surface area contributed by atoms with Crippen molar-refractivity contribution < 1.29 is 0 Å². The molecule has 0 amide bonds. The van der Waals surface area contributed by atoms with E-state index in [9.17, 15) is 0 Å². The summed E-state index contributed by atoms with van der Waals surface area (Å²) in [5.41, 5.74) is 2.81.